The van der Waals surface area contributed by atoms with Crippen molar-refractivity contribution in [1.29, 1.82) is 0 Å². The number of hydrogen-bond donors (Lipinski definition) is 1. The minimum atomic E-state index is 0.0384. The predicted octanol–water partition coefficient (Wildman–Crippen LogP) is 2.01. The number of anilines is 1. The maximum Gasteiger partial charge on any atom is 0.231 e. The Morgan fingerprint density at radius 2 is 2.22 bits per heavy atom. The SMILES string of the molecule is Cc1cccc2c1CCN2C(=O)C1CCCC1N. The Labute approximate surface area is 108 Å². The Kier molecular flexibility index (Phi) is 2.86. The Bertz CT molecular complexity index is 483. The molecule has 0 bridgehead atoms. The lowest BCUT2D eigenvalue weighted by atomic mass is 10.0. The van der Waals surface area contributed by atoms with Crippen LogP contribution in [0, 0.1) is 12.8 Å². The number of nitrogens with two attached hydrogens (primary N) is 1. The highest BCUT2D eigenvalue weighted by Crippen LogP contribution is 2.34. The van der Waals surface area contributed by atoms with Crippen LogP contribution in [0.1, 0.15) is 30.4 Å². The molecule has 2 aliphatic rings. The van der Waals surface area contributed by atoms with Crippen molar-refractivity contribution in [1.82, 2.24) is 0 Å². The highest BCUT2D eigenvalue weighted by atomic mass is 16.2. The van der Waals surface area contributed by atoms with Gasteiger partial charge in [0.2, 0.25) is 5.91 Å². The quantitative estimate of drug-likeness (QED) is 0.821. The van der Waals surface area contributed by atoms with Gasteiger partial charge in [0.25, 0.3) is 0 Å². The zero-order chi connectivity index (χ0) is 12.7. The van der Waals surface area contributed by atoms with Crippen LogP contribution in [0.15, 0.2) is 18.2 Å². The highest BCUT2D eigenvalue weighted by molar-refractivity contribution is 5.97. The van der Waals surface area contributed by atoms with Gasteiger partial charge in [-0.15, -0.1) is 0 Å². The molecule has 1 aromatic rings. The van der Waals surface area contributed by atoms with E-state index in [0.29, 0.717) is 0 Å². The second kappa shape index (κ2) is 4.39. The normalized spacial score (nSPS) is 26.4. The molecule has 1 saturated carbocycles. The summed E-state index contributed by atoms with van der Waals surface area (Å²) in [5.74, 6) is 0.279. The van der Waals surface area contributed by atoms with Gasteiger partial charge < -0.3 is 10.6 Å². The maximum absolute atomic E-state index is 12.6. The van der Waals surface area contributed by atoms with E-state index in [2.05, 4.69) is 19.1 Å². The average Bonchev–Trinajstić information content (AvgIpc) is 2.95. The van der Waals surface area contributed by atoms with Crippen molar-refractivity contribution in [2.45, 2.75) is 38.6 Å². The summed E-state index contributed by atoms with van der Waals surface area (Å²) in [5.41, 5.74) is 9.78. The molecule has 0 aromatic heterocycles. The fraction of sp³-hybridized carbons (Fsp3) is 0.533. The standard InChI is InChI=1S/C15H20N2O/c1-10-4-2-7-14-11(10)8-9-17(14)15(18)12-5-3-6-13(12)16/h2,4,7,12-13H,3,5-6,8-9,16H2,1H3. The lowest BCUT2D eigenvalue weighted by Crippen LogP contribution is -2.41. The fourth-order valence-corrected chi connectivity index (χ4v) is 3.33. The van der Waals surface area contributed by atoms with Gasteiger partial charge in [0, 0.05) is 18.3 Å². The monoisotopic (exact) mass is 244 g/mol. The van der Waals surface area contributed by atoms with Crippen LogP contribution in [-0.2, 0) is 11.2 Å². The smallest absolute Gasteiger partial charge is 0.231 e. The van der Waals surface area contributed by atoms with Gasteiger partial charge in [-0.25, -0.2) is 0 Å². The lowest BCUT2D eigenvalue weighted by molar-refractivity contribution is -0.122. The number of nitrogens with zero attached hydrogens (tertiary/aromatic N) is 1. The van der Waals surface area contributed by atoms with Crippen LogP contribution >= 0.6 is 0 Å². The molecule has 18 heavy (non-hydrogen) atoms. The van der Waals surface area contributed by atoms with Crippen molar-refractivity contribution in [2.75, 3.05) is 11.4 Å². The number of aryl methyl sites for hydroxylation is 1. The van der Waals surface area contributed by atoms with E-state index in [0.717, 1.165) is 37.9 Å². The summed E-state index contributed by atoms with van der Waals surface area (Å²) in [7, 11) is 0. The van der Waals surface area contributed by atoms with Crippen LogP contribution in [0.25, 0.3) is 0 Å². The molecule has 3 nitrogen and oxygen atoms in total. The number of fused-ring (bicyclic) bond motifs is 1. The Balaban J connectivity index is 1.88. The van der Waals surface area contributed by atoms with Crippen LogP contribution in [0.5, 0.6) is 0 Å². The first-order chi connectivity index (χ1) is 8.68. The summed E-state index contributed by atoms with van der Waals surface area (Å²) in [6.45, 7) is 2.94. The molecule has 1 aliphatic heterocycles. The molecule has 0 spiro atoms. The number of rotatable bonds is 1. The summed E-state index contributed by atoms with van der Waals surface area (Å²) in [6, 6.07) is 6.28. The minimum absolute atomic E-state index is 0.0384. The first-order valence-corrected chi connectivity index (χ1v) is 6.84. The van der Waals surface area contributed by atoms with Gasteiger partial charge in [-0.3, -0.25) is 4.79 Å². The van der Waals surface area contributed by atoms with Crippen LogP contribution in [-0.4, -0.2) is 18.5 Å². The van der Waals surface area contributed by atoms with Crippen molar-refractivity contribution >= 4 is 11.6 Å². The fourth-order valence-electron chi connectivity index (χ4n) is 3.33. The molecule has 1 aliphatic carbocycles. The Morgan fingerprint density at radius 3 is 2.94 bits per heavy atom. The molecular weight excluding hydrogens is 224 g/mol. The van der Waals surface area contributed by atoms with Gasteiger partial charge in [-0.05, 0) is 43.4 Å². The lowest BCUT2D eigenvalue weighted by Gasteiger charge is -2.23. The largest absolute Gasteiger partial charge is 0.327 e. The maximum atomic E-state index is 12.6. The molecule has 96 valence electrons. The molecule has 2 N–H and O–H groups in total. The van der Waals surface area contributed by atoms with E-state index in [1.54, 1.807) is 0 Å². The molecule has 1 aromatic carbocycles. The first-order valence-electron chi connectivity index (χ1n) is 6.84. The second-order valence-electron chi connectivity index (χ2n) is 5.51. The zero-order valence-electron chi connectivity index (χ0n) is 10.9. The molecule has 3 heteroatoms. The number of carbonyl (C=O) groups is 1. The van der Waals surface area contributed by atoms with Crippen LogP contribution in [0.4, 0.5) is 5.69 Å². The number of hydrogen-bond acceptors (Lipinski definition) is 2. The summed E-state index contributed by atoms with van der Waals surface area (Å²) in [4.78, 5) is 14.5. The van der Waals surface area contributed by atoms with E-state index >= 15 is 0 Å². The van der Waals surface area contributed by atoms with E-state index < -0.39 is 0 Å². The molecular formula is C15H20N2O. The molecule has 0 saturated heterocycles. The summed E-state index contributed by atoms with van der Waals surface area (Å²) in [6.07, 6.45) is 4.02. The molecule has 0 radical (unpaired) electrons. The molecule has 3 rings (SSSR count). The number of carbonyl (C=O) groups excluding carboxylic acids is 1. The molecule has 1 heterocycles. The van der Waals surface area contributed by atoms with Crippen LogP contribution in [0.3, 0.4) is 0 Å². The highest BCUT2D eigenvalue weighted by Gasteiger charge is 2.36. The van der Waals surface area contributed by atoms with Gasteiger partial charge in [-0.2, -0.15) is 0 Å². The Hall–Kier alpha value is -1.35. The van der Waals surface area contributed by atoms with Gasteiger partial charge in [-0.1, -0.05) is 18.6 Å². The van der Waals surface area contributed by atoms with E-state index in [1.165, 1.54) is 11.1 Å². The van der Waals surface area contributed by atoms with Crippen molar-refractivity contribution in [3.05, 3.63) is 29.3 Å². The van der Waals surface area contributed by atoms with Crippen molar-refractivity contribution in [2.24, 2.45) is 11.7 Å². The first kappa shape index (κ1) is 11.7. The van der Waals surface area contributed by atoms with E-state index in [9.17, 15) is 4.79 Å². The topological polar surface area (TPSA) is 46.3 Å². The summed E-state index contributed by atoms with van der Waals surface area (Å²) in [5, 5.41) is 0. The van der Waals surface area contributed by atoms with E-state index in [-0.39, 0.29) is 17.9 Å². The number of benzene rings is 1. The van der Waals surface area contributed by atoms with Gasteiger partial charge in [0.05, 0.1) is 5.92 Å². The van der Waals surface area contributed by atoms with Crippen molar-refractivity contribution in [3.8, 4) is 0 Å². The third-order valence-corrected chi connectivity index (χ3v) is 4.41. The molecule has 2 unspecified atom stereocenters. The summed E-state index contributed by atoms with van der Waals surface area (Å²) >= 11 is 0. The van der Waals surface area contributed by atoms with E-state index in [4.69, 9.17) is 5.73 Å². The Morgan fingerprint density at radius 1 is 1.39 bits per heavy atom. The zero-order valence-corrected chi connectivity index (χ0v) is 10.9. The third-order valence-electron chi connectivity index (χ3n) is 4.41. The second-order valence-corrected chi connectivity index (χ2v) is 5.51. The molecule has 2 atom stereocenters. The van der Waals surface area contributed by atoms with Crippen molar-refractivity contribution in [3.63, 3.8) is 0 Å². The summed E-state index contributed by atoms with van der Waals surface area (Å²) < 4.78 is 0. The average molecular weight is 244 g/mol. The number of amides is 1. The molecule has 1 fully saturated rings. The van der Waals surface area contributed by atoms with Gasteiger partial charge >= 0.3 is 0 Å². The van der Waals surface area contributed by atoms with E-state index in [1.807, 2.05) is 11.0 Å². The minimum Gasteiger partial charge on any atom is -0.327 e. The third kappa shape index (κ3) is 1.74. The van der Waals surface area contributed by atoms with Crippen molar-refractivity contribution < 1.29 is 4.79 Å². The molecule has 1 amide bonds. The van der Waals surface area contributed by atoms with Crippen LogP contribution in [0.2, 0.25) is 0 Å². The van der Waals surface area contributed by atoms with Crippen LogP contribution < -0.4 is 10.6 Å². The predicted molar refractivity (Wildman–Crippen MR) is 72.6 cm³/mol. The van der Waals surface area contributed by atoms with Gasteiger partial charge in [0.1, 0.15) is 0 Å². The van der Waals surface area contributed by atoms with Gasteiger partial charge in [0.15, 0.2) is 0 Å².